The van der Waals surface area contributed by atoms with Crippen LogP contribution in [-0.4, -0.2) is 55.2 Å². The minimum atomic E-state index is -0.925. The zero-order valence-corrected chi connectivity index (χ0v) is 10.0. The fourth-order valence-electron chi connectivity index (χ4n) is 2.78. The number of hydrogen-bond donors (Lipinski definition) is 0. The molecule has 0 N–H and O–H groups in total. The quantitative estimate of drug-likeness (QED) is 0.691. The second-order valence-electron chi connectivity index (χ2n) is 5.65. The van der Waals surface area contributed by atoms with E-state index in [1.54, 1.807) is 6.92 Å². The monoisotopic (exact) mass is 214 g/mol. The molecule has 2 aliphatic heterocycles. The smallest absolute Gasteiger partial charge is 0.122 e. The number of piperidine rings is 1. The molecular formula is C12H23FN2. The molecule has 0 spiro atoms. The second-order valence-corrected chi connectivity index (χ2v) is 5.65. The number of alkyl halides is 1. The number of nitrogens with zero attached hydrogens (tertiary/aromatic N) is 2. The van der Waals surface area contributed by atoms with Crippen LogP contribution in [0.3, 0.4) is 0 Å². The highest BCUT2D eigenvalue weighted by molar-refractivity contribution is 4.87. The number of likely N-dealkylation sites (tertiary alicyclic amines) is 2. The van der Waals surface area contributed by atoms with Crippen LogP contribution >= 0.6 is 0 Å². The Morgan fingerprint density at radius 3 is 2.47 bits per heavy atom. The summed E-state index contributed by atoms with van der Waals surface area (Å²) in [6.07, 6.45) is 3.30. The Bertz CT molecular complexity index is 210. The highest BCUT2D eigenvalue weighted by Crippen LogP contribution is 2.27. The second kappa shape index (κ2) is 4.38. The topological polar surface area (TPSA) is 6.48 Å². The van der Waals surface area contributed by atoms with Crippen LogP contribution < -0.4 is 0 Å². The van der Waals surface area contributed by atoms with Gasteiger partial charge in [0, 0.05) is 19.6 Å². The Balaban J connectivity index is 1.74. The molecule has 0 aromatic rings. The van der Waals surface area contributed by atoms with E-state index in [1.165, 1.54) is 25.9 Å². The molecular weight excluding hydrogens is 191 g/mol. The summed E-state index contributed by atoms with van der Waals surface area (Å²) < 4.78 is 13.6. The molecule has 0 amide bonds. The summed E-state index contributed by atoms with van der Waals surface area (Å²) in [7, 11) is 2.19. The number of halogens is 1. The normalized spacial score (nSPS) is 36.2. The van der Waals surface area contributed by atoms with Gasteiger partial charge in [0.1, 0.15) is 5.67 Å². The van der Waals surface area contributed by atoms with Gasteiger partial charge in [-0.3, -0.25) is 4.90 Å². The fraction of sp³-hybridized carbons (Fsp3) is 1.00. The van der Waals surface area contributed by atoms with Crippen molar-refractivity contribution in [3.05, 3.63) is 0 Å². The summed E-state index contributed by atoms with van der Waals surface area (Å²) >= 11 is 0. The van der Waals surface area contributed by atoms with Gasteiger partial charge in [-0.1, -0.05) is 0 Å². The molecule has 0 aromatic carbocycles. The van der Waals surface area contributed by atoms with E-state index in [0.717, 1.165) is 25.4 Å². The Hall–Kier alpha value is -0.150. The summed E-state index contributed by atoms with van der Waals surface area (Å²) in [6, 6.07) is 0. The summed E-state index contributed by atoms with van der Waals surface area (Å²) in [5.41, 5.74) is -0.925. The molecule has 0 bridgehead atoms. The zero-order chi connectivity index (χ0) is 10.9. The third kappa shape index (κ3) is 3.15. The first-order chi connectivity index (χ1) is 7.05. The van der Waals surface area contributed by atoms with Gasteiger partial charge in [0.15, 0.2) is 0 Å². The van der Waals surface area contributed by atoms with Gasteiger partial charge in [-0.15, -0.1) is 0 Å². The van der Waals surface area contributed by atoms with E-state index in [1.807, 2.05) is 0 Å². The molecule has 2 nitrogen and oxygen atoms in total. The first kappa shape index (κ1) is 11.3. The molecule has 1 atom stereocenters. The molecule has 0 aromatic heterocycles. The maximum Gasteiger partial charge on any atom is 0.122 e. The molecule has 15 heavy (non-hydrogen) atoms. The maximum absolute atomic E-state index is 13.6. The predicted molar refractivity (Wildman–Crippen MR) is 60.8 cm³/mol. The van der Waals surface area contributed by atoms with Crippen molar-refractivity contribution in [2.75, 3.05) is 39.8 Å². The van der Waals surface area contributed by atoms with Crippen LogP contribution in [0, 0.1) is 5.92 Å². The van der Waals surface area contributed by atoms with E-state index < -0.39 is 5.67 Å². The van der Waals surface area contributed by atoms with Crippen LogP contribution in [0.5, 0.6) is 0 Å². The van der Waals surface area contributed by atoms with Gasteiger partial charge in [-0.05, 0) is 52.2 Å². The van der Waals surface area contributed by atoms with Gasteiger partial charge in [-0.25, -0.2) is 4.39 Å². The van der Waals surface area contributed by atoms with E-state index in [9.17, 15) is 4.39 Å². The Kier molecular flexibility index (Phi) is 3.31. The number of hydrogen-bond acceptors (Lipinski definition) is 2. The van der Waals surface area contributed by atoms with Crippen molar-refractivity contribution in [1.82, 2.24) is 9.80 Å². The van der Waals surface area contributed by atoms with Crippen LogP contribution in [0.15, 0.2) is 0 Å². The van der Waals surface area contributed by atoms with Crippen LogP contribution in [0.1, 0.15) is 26.2 Å². The Morgan fingerprint density at radius 2 is 1.93 bits per heavy atom. The average molecular weight is 214 g/mol. The third-order valence-corrected chi connectivity index (χ3v) is 3.86. The van der Waals surface area contributed by atoms with Gasteiger partial charge in [0.05, 0.1) is 0 Å². The van der Waals surface area contributed by atoms with Gasteiger partial charge in [0.25, 0.3) is 0 Å². The highest BCUT2D eigenvalue weighted by Gasteiger charge is 2.34. The molecule has 0 radical (unpaired) electrons. The van der Waals surface area contributed by atoms with Crippen LogP contribution in [-0.2, 0) is 0 Å². The highest BCUT2D eigenvalue weighted by atomic mass is 19.1. The average Bonchev–Trinajstić information content (AvgIpc) is 2.50. The standard InChI is InChI=1S/C12H23FN2/c1-12(13)5-8-15(10-12)9-11-3-6-14(2)7-4-11/h11H,3-10H2,1-2H3. The molecule has 2 aliphatic rings. The molecule has 2 rings (SSSR count). The summed E-state index contributed by atoms with van der Waals surface area (Å²) in [5.74, 6) is 0.801. The maximum atomic E-state index is 13.6. The lowest BCUT2D eigenvalue weighted by molar-refractivity contribution is 0.151. The van der Waals surface area contributed by atoms with Crippen LogP contribution in [0.25, 0.3) is 0 Å². The SMILES string of the molecule is CN1CCC(CN2CCC(C)(F)C2)CC1. The minimum Gasteiger partial charge on any atom is -0.306 e. The van der Waals surface area contributed by atoms with Crippen LogP contribution in [0.2, 0.25) is 0 Å². The molecule has 3 heteroatoms. The lowest BCUT2D eigenvalue weighted by atomic mass is 9.97. The van der Waals surface area contributed by atoms with Gasteiger partial charge in [-0.2, -0.15) is 0 Å². The Morgan fingerprint density at radius 1 is 1.27 bits per heavy atom. The van der Waals surface area contributed by atoms with Crippen molar-refractivity contribution < 1.29 is 4.39 Å². The molecule has 0 saturated carbocycles. The van der Waals surface area contributed by atoms with Crippen LogP contribution in [0.4, 0.5) is 4.39 Å². The van der Waals surface area contributed by atoms with E-state index in [2.05, 4.69) is 16.8 Å². The first-order valence-electron chi connectivity index (χ1n) is 6.15. The van der Waals surface area contributed by atoms with Crippen molar-refractivity contribution in [3.63, 3.8) is 0 Å². The third-order valence-electron chi connectivity index (χ3n) is 3.86. The van der Waals surface area contributed by atoms with Gasteiger partial charge in [0.2, 0.25) is 0 Å². The van der Waals surface area contributed by atoms with Crippen molar-refractivity contribution in [3.8, 4) is 0 Å². The van der Waals surface area contributed by atoms with E-state index in [-0.39, 0.29) is 0 Å². The van der Waals surface area contributed by atoms with E-state index in [4.69, 9.17) is 0 Å². The van der Waals surface area contributed by atoms with E-state index >= 15 is 0 Å². The fourth-order valence-corrected chi connectivity index (χ4v) is 2.78. The number of rotatable bonds is 2. The Labute approximate surface area is 92.4 Å². The summed E-state index contributed by atoms with van der Waals surface area (Å²) in [6.45, 7) is 6.89. The lowest BCUT2D eigenvalue weighted by Crippen LogP contribution is -2.37. The molecule has 0 aliphatic carbocycles. The molecule has 2 saturated heterocycles. The summed E-state index contributed by atoms with van der Waals surface area (Å²) in [4.78, 5) is 4.70. The van der Waals surface area contributed by atoms with Gasteiger partial charge < -0.3 is 4.90 Å². The van der Waals surface area contributed by atoms with Gasteiger partial charge >= 0.3 is 0 Å². The predicted octanol–water partition coefficient (Wildman–Crippen LogP) is 1.76. The largest absolute Gasteiger partial charge is 0.306 e. The summed E-state index contributed by atoms with van der Waals surface area (Å²) in [5, 5.41) is 0. The lowest BCUT2D eigenvalue weighted by Gasteiger charge is -2.31. The van der Waals surface area contributed by atoms with E-state index in [0.29, 0.717) is 6.54 Å². The van der Waals surface area contributed by atoms with Crippen molar-refractivity contribution in [1.29, 1.82) is 0 Å². The molecule has 88 valence electrons. The van der Waals surface area contributed by atoms with Crippen molar-refractivity contribution in [2.45, 2.75) is 31.9 Å². The molecule has 2 heterocycles. The van der Waals surface area contributed by atoms with Crippen molar-refractivity contribution in [2.24, 2.45) is 5.92 Å². The zero-order valence-electron chi connectivity index (χ0n) is 10.0. The molecule has 2 fully saturated rings. The molecule has 1 unspecified atom stereocenters. The first-order valence-corrected chi connectivity index (χ1v) is 6.15. The minimum absolute atomic E-state index is 0.652. The van der Waals surface area contributed by atoms with Crippen molar-refractivity contribution >= 4 is 0 Å².